The van der Waals surface area contributed by atoms with Crippen LogP contribution in [0.1, 0.15) is 12.5 Å². The molecule has 0 unspecified atom stereocenters. The molecule has 2 N–H and O–H groups in total. The predicted octanol–water partition coefficient (Wildman–Crippen LogP) is 2.66. The Bertz CT molecular complexity index is 982. The molecule has 1 atom stereocenters. The van der Waals surface area contributed by atoms with Crippen molar-refractivity contribution in [2.75, 3.05) is 13.7 Å². The smallest absolute Gasteiger partial charge is 0.260 e. The number of hydrogen-bond acceptors (Lipinski definition) is 4. The lowest BCUT2D eigenvalue weighted by atomic mass is 10.1. The number of aromatic amines is 1. The van der Waals surface area contributed by atoms with Crippen LogP contribution in [0.2, 0.25) is 0 Å². The van der Waals surface area contributed by atoms with Gasteiger partial charge in [-0.05, 0) is 49.1 Å². The third kappa shape index (κ3) is 4.67. The first-order chi connectivity index (χ1) is 13.1. The summed E-state index contributed by atoms with van der Waals surface area (Å²) in [4.78, 5) is 27.3. The number of pyridine rings is 1. The second kappa shape index (κ2) is 8.40. The van der Waals surface area contributed by atoms with Crippen molar-refractivity contribution >= 4 is 16.8 Å². The number of amides is 1. The lowest BCUT2D eigenvalue weighted by molar-refractivity contribution is -0.127. The second-order valence-corrected chi connectivity index (χ2v) is 6.19. The molecule has 140 valence electrons. The minimum atomic E-state index is -0.616. The molecule has 6 heteroatoms. The van der Waals surface area contributed by atoms with E-state index in [0.717, 1.165) is 10.9 Å². The fourth-order valence-corrected chi connectivity index (χ4v) is 2.76. The maximum absolute atomic E-state index is 12.2. The zero-order chi connectivity index (χ0) is 19.2. The van der Waals surface area contributed by atoms with E-state index in [-0.39, 0.29) is 11.5 Å². The summed E-state index contributed by atoms with van der Waals surface area (Å²) < 4.78 is 10.8. The molecule has 0 aliphatic rings. The number of hydrogen-bond donors (Lipinski definition) is 2. The van der Waals surface area contributed by atoms with Gasteiger partial charge in [-0.3, -0.25) is 9.59 Å². The van der Waals surface area contributed by atoms with Crippen molar-refractivity contribution in [3.05, 3.63) is 70.5 Å². The van der Waals surface area contributed by atoms with E-state index in [1.165, 1.54) is 0 Å². The minimum absolute atomic E-state index is 0.168. The van der Waals surface area contributed by atoms with Crippen LogP contribution in [0.3, 0.4) is 0 Å². The molecule has 2 aromatic carbocycles. The number of para-hydroxylation sites is 1. The molecule has 0 bridgehead atoms. The van der Waals surface area contributed by atoms with Crippen molar-refractivity contribution in [2.24, 2.45) is 0 Å². The largest absolute Gasteiger partial charge is 0.497 e. The van der Waals surface area contributed by atoms with E-state index in [2.05, 4.69) is 10.3 Å². The van der Waals surface area contributed by atoms with E-state index in [9.17, 15) is 9.59 Å². The molecule has 0 aliphatic heterocycles. The highest BCUT2D eigenvalue weighted by atomic mass is 16.5. The number of methoxy groups -OCH3 is 1. The maximum Gasteiger partial charge on any atom is 0.260 e. The zero-order valence-electron chi connectivity index (χ0n) is 15.3. The molecule has 0 saturated heterocycles. The van der Waals surface area contributed by atoms with Gasteiger partial charge in [-0.15, -0.1) is 0 Å². The summed E-state index contributed by atoms with van der Waals surface area (Å²) in [6, 6.07) is 16.5. The summed E-state index contributed by atoms with van der Waals surface area (Å²) in [5, 5.41) is 3.72. The van der Waals surface area contributed by atoms with Gasteiger partial charge in [0.05, 0.1) is 12.6 Å². The summed E-state index contributed by atoms with van der Waals surface area (Å²) in [5.41, 5.74) is 1.17. The molecule has 0 radical (unpaired) electrons. The number of rotatable bonds is 7. The molecule has 1 heterocycles. The third-order valence-electron chi connectivity index (χ3n) is 4.25. The highest BCUT2D eigenvalue weighted by Gasteiger charge is 2.14. The van der Waals surface area contributed by atoms with Gasteiger partial charge in [-0.1, -0.05) is 18.2 Å². The van der Waals surface area contributed by atoms with Gasteiger partial charge in [0.25, 0.3) is 11.5 Å². The number of ether oxygens (including phenoxy) is 2. The lowest BCUT2D eigenvalue weighted by Crippen LogP contribution is -2.37. The van der Waals surface area contributed by atoms with Gasteiger partial charge in [0.1, 0.15) is 11.5 Å². The quantitative estimate of drug-likeness (QED) is 0.674. The summed E-state index contributed by atoms with van der Waals surface area (Å²) >= 11 is 0. The predicted molar refractivity (Wildman–Crippen MR) is 104 cm³/mol. The van der Waals surface area contributed by atoms with Gasteiger partial charge >= 0.3 is 0 Å². The van der Waals surface area contributed by atoms with Crippen molar-refractivity contribution in [3.8, 4) is 11.5 Å². The molecule has 27 heavy (non-hydrogen) atoms. The molecular formula is C21H22N2O4. The van der Waals surface area contributed by atoms with Crippen LogP contribution in [-0.4, -0.2) is 30.6 Å². The standard InChI is InChI=1S/C21H22N2O4/c1-14(27-17-6-4-3-5-7-17)20(24)22-11-10-16-12-15-8-9-18(26-2)13-19(15)23-21(16)25/h3-9,12-14H,10-11H2,1-2H3,(H,22,24)(H,23,25)/t14-/m0/s1. The molecule has 1 aromatic heterocycles. The van der Waals surface area contributed by atoms with E-state index in [1.54, 1.807) is 32.2 Å². The first-order valence-electron chi connectivity index (χ1n) is 8.76. The maximum atomic E-state index is 12.2. The first kappa shape index (κ1) is 18.5. The highest BCUT2D eigenvalue weighted by Crippen LogP contribution is 2.18. The zero-order valence-corrected chi connectivity index (χ0v) is 15.3. The number of carbonyl (C=O) groups is 1. The molecular weight excluding hydrogens is 344 g/mol. The van der Waals surface area contributed by atoms with Crippen molar-refractivity contribution in [2.45, 2.75) is 19.4 Å². The van der Waals surface area contributed by atoms with Crippen LogP contribution < -0.4 is 20.3 Å². The molecule has 1 amide bonds. The van der Waals surface area contributed by atoms with Crippen LogP contribution >= 0.6 is 0 Å². The van der Waals surface area contributed by atoms with Crippen molar-refractivity contribution in [1.29, 1.82) is 0 Å². The SMILES string of the molecule is COc1ccc2cc(CCNC(=O)[C@H](C)Oc3ccccc3)c(=O)[nH]c2c1. The topological polar surface area (TPSA) is 80.4 Å². The molecule has 0 fully saturated rings. The van der Waals surface area contributed by atoms with E-state index in [1.807, 2.05) is 36.4 Å². The highest BCUT2D eigenvalue weighted by molar-refractivity contribution is 5.81. The number of H-pyrrole nitrogens is 1. The van der Waals surface area contributed by atoms with E-state index >= 15 is 0 Å². The number of nitrogens with one attached hydrogen (secondary N) is 2. The van der Waals surface area contributed by atoms with Gasteiger partial charge in [-0.2, -0.15) is 0 Å². The van der Waals surface area contributed by atoms with Crippen LogP contribution in [0.5, 0.6) is 11.5 Å². The van der Waals surface area contributed by atoms with Crippen molar-refractivity contribution in [1.82, 2.24) is 10.3 Å². The molecule has 0 aliphatic carbocycles. The Morgan fingerprint density at radius 3 is 2.63 bits per heavy atom. The van der Waals surface area contributed by atoms with E-state index in [4.69, 9.17) is 9.47 Å². The number of aromatic nitrogens is 1. The minimum Gasteiger partial charge on any atom is -0.497 e. The van der Waals surface area contributed by atoms with Gasteiger partial charge < -0.3 is 19.8 Å². The fraction of sp³-hybridized carbons (Fsp3) is 0.238. The van der Waals surface area contributed by atoms with Crippen LogP contribution in [0.15, 0.2) is 59.4 Å². The van der Waals surface area contributed by atoms with Crippen LogP contribution in [0.4, 0.5) is 0 Å². The molecule has 0 spiro atoms. The molecule has 3 aromatic rings. The van der Waals surface area contributed by atoms with Crippen LogP contribution in [-0.2, 0) is 11.2 Å². The summed E-state index contributed by atoms with van der Waals surface area (Å²) in [5.74, 6) is 1.10. The fourth-order valence-electron chi connectivity index (χ4n) is 2.76. The average Bonchev–Trinajstić information content (AvgIpc) is 2.68. The molecule has 3 rings (SSSR count). The molecule has 6 nitrogen and oxygen atoms in total. The van der Waals surface area contributed by atoms with E-state index in [0.29, 0.717) is 30.0 Å². The Kier molecular flexibility index (Phi) is 5.76. The Balaban J connectivity index is 1.59. The van der Waals surface area contributed by atoms with Gasteiger partial charge in [-0.25, -0.2) is 0 Å². The number of carbonyl (C=O) groups excluding carboxylic acids is 1. The Labute approximate surface area is 157 Å². The summed E-state index contributed by atoms with van der Waals surface area (Å²) in [6.45, 7) is 2.05. The normalized spacial score (nSPS) is 11.8. The van der Waals surface area contributed by atoms with Crippen LogP contribution in [0, 0.1) is 0 Å². The van der Waals surface area contributed by atoms with Gasteiger partial charge in [0.2, 0.25) is 0 Å². The molecule has 0 saturated carbocycles. The van der Waals surface area contributed by atoms with Crippen LogP contribution in [0.25, 0.3) is 10.9 Å². The van der Waals surface area contributed by atoms with Crippen molar-refractivity contribution < 1.29 is 14.3 Å². The van der Waals surface area contributed by atoms with Gasteiger partial charge in [0, 0.05) is 18.2 Å². The second-order valence-electron chi connectivity index (χ2n) is 6.19. The Morgan fingerprint density at radius 2 is 1.89 bits per heavy atom. The number of benzene rings is 2. The first-order valence-corrected chi connectivity index (χ1v) is 8.76. The van der Waals surface area contributed by atoms with Gasteiger partial charge in [0.15, 0.2) is 6.10 Å². The Morgan fingerprint density at radius 1 is 1.11 bits per heavy atom. The summed E-state index contributed by atoms with van der Waals surface area (Å²) in [6.07, 6.45) is -0.184. The average molecular weight is 366 g/mol. The lowest BCUT2D eigenvalue weighted by Gasteiger charge is -2.14. The monoisotopic (exact) mass is 366 g/mol. The van der Waals surface area contributed by atoms with Crippen molar-refractivity contribution in [3.63, 3.8) is 0 Å². The summed E-state index contributed by atoms with van der Waals surface area (Å²) in [7, 11) is 1.58. The third-order valence-corrected chi connectivity index (χ3v) is 4.25. The Hall–Kier alpha value is -3.28. The van der Waals surface area contributed by atoms with E-state index < -0.39 is 6.10 Å². The number of fused-ring (bicyclic) bond motifs is 1.